The monoisotopic (exact) mass is 368 g/mol. The molecule has 0 saturated carbocycles. The van der Waals surface area contributed by atoms with E-state index >= 15 is 0 Å². The molecule has 1 heterocycles. The maximum absolute atomic E-state index is 6.26. The lowest BCUT2D eigenvalue weighted by molar-refractivity contribution is 0.297. The molecule has 0 amide bonds. The van der Waals surface area contributed by atoms with E-state index in [1.165, 1.54) is 0 Å². The number of para-hydroxylation sites is 1. The molecule has 2 rings (SSSR count). The lowest BCUT2D eigenvalue weighted by atomic mass is 10.2. The molecule has 0 aliphatic rings. The first-order chi connectivity index (χ1) is 10.1. The number of nitrogens with one attached hydrogen (secondary N) is 1. The normalized spacial score (nSPS) is 10.9. The van der Waals surface area contributed by atoms with Crippen LogP contribution in [0, 0.1) is 0 Å². The highest BCUT2D eigenvalue weighted by atomic mass is 79.9. The third-order valence-electron chi connectivity index (χ3n) is 2.90. The summed E-state index contributed by atoms with van der Waals surface area (Å²) in [5.74, 6) is 0.719. The Balaban J connectivity index is 2.09. The minimum Gasteiger partial charge on any atom is -0.485 e. The summed E-state index contributed by atoms with van der Waals surface area (Å²) < 4.78 is 6.83. The predicted molar refractivity (Wildman–Crippen MR) is 89.7 cm³/mol. The van der Waals surface area contributed by atoms with Crippen molar-refractivity contribution in [3.63, 3.8) is 0 Å². The van der Waals surface area contributed by atoms with Gasteiger partial charge < -0.3 is 10.1 Å². The SMILES string of the molecule is CC(C)NCc1cccc(Cl)c1OCc1ccc(Br)cn1. The highest BCUT2D eigenvalue weighted by Crippen LogP contribution is 2.29. The van der Waals surface area contributed by atoms with E-state index in [0.717, 1.165) is 28.0 Å². The van der Waals surface area contributed by atoms with Gasteiger partial charge in [-0.25, -0.2) is 0 Å². The smallest absolute Gasteiger partial charge is 0.142 e. The molecular weight excluding hydrogens is 352 g/mol. The number of hydrogen-bond acceptors (Lipinski definition) is 3. The quantitative estimate of drug-likeness (QED) is 0.809. The van der Waals surface area contributed by atoms with Gasteiger partial charge >= 0.3 is 0 Å². The molecule has 0 unspecified atom stereocenters. The number of pyridine rings is 1. The van der Waals surface area contributed by atoms with Crippen molar-refractivity contribution in [2.45, 2.75) is 33.0 Å². The van der Waals surface area contributed by atoms with Gasteiger partial charge in [0.25, 0.3) is 0 Å². The first-order valence-corrected chi connectivity index (χ1v) is 7.97. The molecule has 1 N–H and O–H groups in total. The van der Waals surface area contributed by atoms with Crippen LogP contribution in [0.5, 0.6) is 5.75 Å². The molecule has 1 aromatic heterocycles. The molecule has 0 fully saturated rings. The van der Waals surface area contributed by atoms with Crippen LogP contribution in [0.1, 0.15) is 25.1 Å². The maximum Gasteiger partial charge on any atom is 0.142 e. The summed E-state index contributed by atoms with van der Waals surface area (Å²) >= 11 is 9.62. The molecule has 3 nitrogen and oxygen atoms in total. The van der Waals surface area contributed by atoms with Crippen LogP contribution in [-0.2, 0) is 13.2 Å². The lowest BCUT2D eigenvalue weighted by Crippen LogP contribution is -2.22. The highest BCUT2D eigenvalue weighted by Gasteiger charge is 2.09. The van der Waals surface area contributed by atoms with Crippen molar-refractivity contribution >= 4 is 27.5 Å². The molecule has 0 radical (unpaired) electrons. The Morgan fingerprint density at radius 1 is 1.29 bits per heavy atom. The van der Waals surface area contributed by atoms with Crippen LogP contribution >= 0.6 is 27.5 Å². The molecule has 0 atom stereocenters. The zero-order valence-corrected chi connectivity index (χ0v) is 14.4. The van der Waals surface area contributed by atoms with Crippen LogP contribution in [0.3, 0.4) is 0 Å². The lowest BCUT2D eigenvalue weighted by Gasteiger charge is -2.15. The van der Waals surface area contributed by atoms with Gasteiger partial charge in [-0.1, -0.05) is 37.6 Å². The fourth-order valence-corrected chi connectivity index (χ4v) is 2.29. The summed E-state index contributed by atoms with van der Waals surface area (Å²) in [6.07, 6.45) is 1.76. The number of hydrogen-bond donors (Lipinski definition) is 1. The highest BCUT2D eigenvalue weighted by molar-refractivity contribution is 9.10. The third kappa shape index (κ3) is 4.99. The second-order valence-corrected chi connectivity index (χ2v) is 6.34. The Morgan fingerprint density at radius 2 is 2.10 bits per heavy atom. The van der Waals surface area contributed by atoms with Gasteiger partial charge in [-0.05, 0) is 34.1 Å². The van der Waals surface area contributed by atoms with Gasteiger partial charge in [0.15, 0.2) is 0 Å². The van der Waals surface area contributed by atoms with Gasteiger partial charge in [0.2, 0.25) is 0 Å². The van der Waals surface area contributed by atoms with Crippen molar-refractivity contribution in [2.24, 2.45) is 0 Å². The first kappa shape index (κ1) is 16.3. The van der Waals surface area contributed by atoms with Gasteiger partial charge in [-0.3, -0.25) is 4.98 Å². The Kier molecular flexibility index (Phi) is 6.03. The first-order valence-electron chi connectivity index (χ1n) is 6.80. The average Bonchev–Trinajstić information content (AvgIpc) is 2.46. The number of rotatable bonds is 6. The summed E-state index contributed by atoms with van der Waals surface area (Å²) in [4.78, 5) is 4.30. The molecular formula is C16H18BrClN2O. The summed E-state index contributed by atoms with van der Waals surface area (Å²) in [6.45, 7) is 5.33. The van der Waals surface area contributed by atoms with Crippen molar-refractivity contribution in [1.82, 2.24) is 10.3 Å². The zero-order valence-electron chi connectivity index (χ0n) is 12.1. The van der Waals surface area contributed by atoms with Crippen molar-refractivity contribution in [3.05, 3.63) is 57.3 Å². The van der Waals surface area contributed by atoms with Crippen molar-refractivity contribution in [2.75, 3.05) is 0 Å². The van der Waals surface area contributed by atoms with E-state index in [9.17, 15) is 0 Å². The van der Waals surface area contributed by atoms with E-state index in [2.05, 4.69) is 40.1 Å². The minimum absolute atomic E-state index is 0.395. The van der Waals surface area contributed by atoms with Gasteiger partial charge in [0.1, 0.15) is 12.4 Å². The number of benzene rings is 1. The summed E-state index contributed by atoms with van der Waals surface area (Å²) in [7, 11) is 0. The summed E-state index contributed by atoms with van der Waals surface area (Å²) in [5.41, 5.74) is 1.91. The Labute approximate surface area is 138 Å². The fourth-order valence-electron chi connectivity index (χ4n) is 1.81. The van der Waals surface area contributed by atoms with Gasteiger partial charge in [0, 0.05) is 28.8 Å². The van der Waals surface area contributed by atoms with Crippen molar-refractivity contribution in [1.29, 1.82) is 0 Å². The van der Waals surface area contributed by atoms with Crippen LogP contribution in [0.25, 0.3) is 0 Å². The number of ether oxygens (including phenoxy) is 1. The van der Waals surface area contributed by atoms with E-state index in [-0.39, 0.29) is 0 Å². The number of nitrogens with zero attached hydrogens (tertiary/aromatic N) is 1. The Morgan fingerprint density at radius 3 is 2.76 bits per heavy atom. The number of aromatic nitrogens is 1. The summed E-state index contributed by atoms with van der Waals surface area (Å²) in [5, 5.41) is 4.00. The molecule has 0 saturated heterocycles. The van der Waals surface area contributed by atoms with Crippen LogP contribution in [0.2, 0.25) is 5.02 Å². The molecule has 1 aromatic carbocycles. The van der Waals surface area contributed by atoms with Crippen LogP contribution < -0.4 is 10.1 Å². The number of halogens is 2. The Hall–Kier alpha value is -1.10. The fraction of sp³-hybridized carbons (Fsp3) is 0.312. The van der Waals surface area contributed by atoms with Gasteiger partial charge in [-0.2, -0.15) is 0 Å². The van der Waals surface area contributed by atoms with E-state index < -0.39 is 0 Å². The van der Waals surface area contributed by atoms with Crippen molar-refractivity contribution < 1.29 is 4.74 Å². The largest absolute Gasteiger partial charge is 0.485 e. The van der Waals surface area contributed by atoms with Crippen LogP contribution in [0.15, 0.2) is 41.0 Å². The van der Waals surface area contributed by atoms with E-state index in [4.69, 9.17) is 16.3 Å². The maximum atomic E-state index is 6.26. The molecule has 0 spiro atoms. The minimum atomic E-state index is 0.395. The molecule has 112 valence electrons. The topological polar surface area (TPSA) is 34.1 Å². The predicted octanol–water partition coefficient (Wildman–Crippen LogP) is 4.57. The van der Waals surface area contributed by atoms with E-state index in [0.29, 0.717) is 17.7 Å². The standard InChI is InChI=1S/C16H18BrClN2O/c1-11(2)19-8-12-4-3-5-15(18)16(12)21-10-14-7-6-13(17)9-20-14/h3-7,9,11,19H,8,10H2,1-2H3. The van der Waals surface area contributed by atoms with Gasteiger partial charge in [0.05, 0.1) is 10.7 Å². The van der Waals surface area contributed by atoms with E-state index in [1.54, 1.807) is 6.20 Å². The zero-order chi connectivity index (χ0) is 15.2. The molecule has 0 bridgehead atoms. The molecule has 2 aromatic rings. The molecule has 0 aliphatic heterocycles. The van der Waals surface area contributed by atoms with Crippen LogP contribution in [-0.4, -0.2) is 11.0 Å². The van der Waals surface area contributed by atoms with Crippen molar-refractivity contribution in [3.8, 4) is 5.75 Å². The Bertz CT molecular complexity index is 587. The second-order valence-electron chi connectivity index (χ2n) is 5.02. The molecule has 21 heavy (non-hydrogen) atoms. The third-order valence-corrected chi connectivity index (χ3v) is 3.67. The van der Waals surface area contributed by atoms with E-state index in [1.807, 2.05) is 30.3 Å². The summed E-state index contributed by atoms with van der Waals surface area (Å²) in [6, 6.07) is 10.1. The van der Waals surface area contributed by atoms with Gasteiger partial charge in [-0.15, -0.1) is 0 Å². The molecule has 5 heteroatoms. The molecule has 0 aliphatic carbocycles. The van der Waals surface area contributed by atoms with Crippen LogP contribution in [0.4, 0.5) is 0 Å². The second kappa shape index (κ2) is 7.78. The average molecular weight is 370 g/mol.